The number of pyridine rings is 1. The number of benzene rings is 1. The Labute approximate surface area is 116 Å². The van der Waals surface area contributed by atoms with Crippen LogP contribution in [0.25, 0.3) is 10.9 Å². The fourth-order valence-corrected chi connectivity index (χ4v) is 2.48. The number of fused-ring (bicyclic) bond motifs is 2. The van der Waals surface area contributed by atoms with E-state index in [4.69, 9.17) is 0 Å². The van der Waals surface area contributed by atoms with E-state index in [1.54, 1.807) is 6.20 Å². The smallest absolute Gasteiger partial charge is 0.152 e. The van der Waals surface area contributed by atoms with Crippen LogP contribution < -0.4 is 5.32 Å². The van der Waals surface area contributed by atoms with E-state index in [0.717, 1.165) is 33.7 Å². The zero-order valence-electron chi connectivity index (χ0n) is 11.0. The zero-order valence-corrected chi connectivity index (χ0v) is 11.0. The fraction of sp³-hybridized carbons (Fsp3) is 0.133. The third-order valence-corrected chi connectivity index (χ3v) is 3.40. The van der Waals surface area contributed by atoms with Crippen molar-refractivity contribution in [2.45, 2.75) is 6.54 Å². The van der Waals surface area contributed by atoms with Gasteiger partial charge < -0.3 is 5.32 Å². The van der Waals surface area contributed by atoms with Crippen LogP contribution in [0.5, 0.6) is 0 Å². The molecule has 5 nitrogen and oxygen atoms in total. The van der Waals surface area contributed by atoms with Gasteiger partial charge in [-0.25, -0.2) is 0 Å². The van der Waals surface area contributed by atoms with Crippen LogP contribution in [0.1, 0.15) is 11.3 Å². The van der Waals surface area contributed by atoms with Gasteiger partial charge in [0.25, 0.3) is 0 Å². The highest BCUT2D eigenvalue weighted by atomic mass is 15.2. The van der Waals surface area contributed by atoms with Crippen molar-refractivity contribution in [2.75, 3.05) is 5.32 Å². The molecule has 5 heteroatoms. The molecule has 0 amide bonds. The molecule has 0 spiro atoms. The lowest BCUT2D eigenvalue weighted by Crippen LogP contribution is -2.12. The number of hydrogen-bond acceptors (Lipinski definition) is 4. The first-order valence-electron chi connectivity index (χ1n) is 6.49. The van der Waals surface area contributed by atoms with Crippen molar-refractivity contribution in [3.05, 3.63) is 54.0 Å². The molecule has 0 aliphatic carbocycles. The Bertz CT molecular complexity index is 831. The number of aromatic nitrogens is 3. The molecule has 0 fully saturated rings. The summed E-state index contributed by atoms with van der Waals surface area (Å²) in [5.74, 6) is 0.837. The van der Waals surface area contributed by atoms with Crippen molar-refractivity contribution >= 4 is 22.4 Å². The minimum absolute atomic E-state index is 0.695. The second-order valence-electron chi connectivity index (χ2n) is 4.88. The SMILES string of the molecule is Cn1cc2cc(NC3=NCc4cccnc43)ccc2n1. The summed E-state index contributed by atoms with van der Waals surface area (Å²) in [7, 11) is 1.92. The molecule has 1 aliphatic rings. The number of aliphatic imine (C=N–C) groups is 1. The summed E-state index contributed by atoms with van der Waals surface area (Å²) in [6.07, 6.45) is 3.80. The lowest BCUT2D eigenvalue weighted by molar-refractivity contribution is 0.780. The molecule has 4 rings (SSSR count). The van der Waals surface area contributed by atoms with Crippen molar-refractivity contribution in [3.8, 4) is 0 Å². The molecule has 0 saturated carbocycles. The quantitative estimate of drug-likeness (QED) is 0.733. The molecule has 3 aromatic rings. The molecular weight excluding hydrogens is 250 g/mol. The molecule has 0 unspecified atom stereocenters. The summed E-state index contributed by atoms with van der Waals surface area (Å²) in [6, 6.07) is 10.1. The number of rotatable bonds is 1. The highest BCUT2D eigenvalue weighted by Gasteiger charge is 2.16. The summed E-state index contributed by atoms with van der Waals surface area (Å²) in [5.41, 5.74) is 4.10. The second kappa shape index (κ2) is 4.16. The zero-order chi connectivity index (χ0) is 13.5. The van der Waals surface area contributed by atoms with E-state index in [2.05, 4.69) is 32.5 Å². The number of nitrogens with one attached hydrogen (secondary N) is 1. The number of amidine groups is 1. The van der Waals surface area contributed by atoms with Crippen molar-refractivity contribution in [1.82, 2.24) is 14.8 Å². The molecule has 3 heterocycles. The molecule has 2 aromatic heterocycles. The van der Waals surface area contributed by atoms with Gasteiger partial charge in [0, 0.05) is 36.1 Å². The van der Waals surface area contributed by atoms with Crippen molar-refractivity contribution in [3.63, 3.8) is 0 Å². The molecule has 98 valence electrons. The Morgan fingerprint density at radius 2 is 2.20 bits per heavy atom. The van der Waals surface area contributed by atoms with Crippen LogP contribution >= 0.6 is 0 Å². The Kier molecular flexibility index (Phi) is 2.32. The highest BCUT2D eigenvalue weighted by Crippen LogP contribution is 2.21. The van der Waals surface area contributed by atoms with E-state index < -0.39 is 0 Å². The van der Waals surface area contributed by atoms with E-state index in [9.17, 15) is 0 Å². The van der Waals surface area contributed by atoms with Crippen LogP contribution in [0.15, 0.2) is 47.7 Å². The van der Waals surface area contributed by atoms with Gasteiger partial charge >= 0.3 is 0 Å². The average Bonchev–Trinajstić information content (AvgIpc) is 3.02. The largest absolute Gasteiger partial charge is 0.339 e. The van der Waals surface area contributed by atoms with Crippen molar-refractivity contribution in [2.24, 2.45) is 12.0 Å². The van der Waals surface area contributed by atoms with Gasteiger partial charge in [0.05, 0.1) is 12.1 Å². The number of anilines is 1. The van der Waals surface area contributed by atoms with Gasteiger partial charge in [0.2, 0.25) is 0 Å². The standard InChI is InChI=1S/C15H13N5/c1-20-9-11-7-12(4-5-13(11)19-20)18-15-14-10(8-17-15)3-2-6-16-14/h2-7,9H,8H2,1H3,(H,17,18). The van der Waals surface area contributed by atoms with E-state index in [-0.39, 0.29) is 0 Å². The van der Waals surface area contributed by atoms with Gasteiger partial charge in [0.1, 0.15) is 5.69 Å². The van der Waals surface area contributed by atoms with Gasteiger partial charge in [-0.15, -0.1) is 0 Å². The molecule has 0 radical (unpaired) electrons. The monoisotopic (exact) mass is 263 g/mol. The first kappa shape index (κ1) is 11.2. The Morgan fingerprint density at radius 3 is 3.15 bits per heavy atom. The lowest BCUT2D eigenvalue weighted by atomic mass is 10.2. The maximum atomic E-state index is 4.51. The first-order valence-corrected chi connectivity index (χ1v) is 6.49. The van der Waals surface area contributed by atoms with E-state index >= 15 is 0 Å². The molecule has 0 bridgehead atoms. The molecule has 20 heavy (non-hydrogen) atoms. The number of aryl methyl sites for hydroxylation is 1. The van der Waals surface area contributed by atoms with Gasteiger partial charge in [-0.2, -0.15) is 5.10 Å². The third kappa shape index (κ3) is 1.75. The molecule has 1 N–H and O–H groups in total. The summed E-state index contributed by atoms with van der Waals surface area (Å²) in [5, 5.41) is 8.83. The average molecular weight is 263 g/mol. The lowest BCUT2D eigenvalue weighted by Gasteiger charge is -2.06. The summed E-state index contributed by atoms with van der Waals surface area (Å²) in [6.45, 7) is 0.695. The Balaban J connectivity index is 1.68. The highest BCUT2D eigenvalue weighted by molar-refractivity contribution is 6.09. The maximum absolute atomic E-state index is 4.51. The minimum atomic E-state index is 0.695. The molecule has 0 saturated heterocycles. The third-order valence-electron chi connectivity index (χ3n) is 3.40. The van der Waals surface area contributed by atoms with Crippen LogP contribution in [0.4, 0.5) is 5.69 Å². The van der Waals surface area contributed by atoms with Crippen LogP contribution in [0, 0.1) is 0 Å². The first-order chi connectivity index (χ1) is 9.79. The topological polar surface area (TPSA) is 55.1 Å². The van der Waals surface area contributed by atoms with Crippen molar-refractivity contribution in [1.29, 1.82) is 0 Å². The van der Waals surface area contributed by atoms with Gasteiger partial charge in [-0.05, 0) is 24.3 Å². The van der Waals surface area contributed by atoms with Crippen LogP contribution in [0.2, 0.25) is 0 Å². The Morgan fingerprint density at radius 1 is 1.25 bits per heavy atom. The second-order valence-corrected chi connectivity index (χ2v) is 4.88. The maximum Gasteiger partial charge on any atom is 0.152 e. The van der Waals surface area contributed by atoms with E-state index in [1.807, 2.05) is 36.1 Å². The minimum Gasteiger partial charge on any atom is -0.339 e. The van der Waals surface area contributed by atoms with Gasteiger partial charge in [-0.3, -0.25) is 14.7 Å². The molecule has 0 atom stereocenters. The fourth-order valence-electron chi connectivity index (χ4n) is 2.48. The molecular formula is C15H13N5. The van der Waals surface area contributed by atoms with Gasteiger partial charge in [0.15, 0.2) is 5.84 Å². The summed E-state index contributed by atoms with van der Waals surface area (Å²) in [4.78, 5) is 8.90. The van der Waals surface area contributed by atoms with E-state index in [1.165, 1.54) is 0 Å². The van der Waals surface area contributed by atoms with Crippen molar-refractivity contribution < 1.29 is 0 Å². The number of nitrogens with zero attached hydrogens (tertiary/aromatic N) is 4. The summed E-state index contributed by atoms with van der Waals surface area (Å²) < 4.78 is 1.82. The Hall–Kier alpha value is -2.69. The van der Waals surface area contributed by atoms with Gasteiger partial charge in [-0.1, -0.05) is 6.07 Å². The number of hydrogen-bond donors (Lipinski definition) is 1. The van der Waals surface area contributed by atoms with Crippen LogP contribution in [-0.4, -0.2) is 20.6 Å². The molecule has 1 aliphatic heterocycles. The normalized spacial score (nSPS) is 13.3. The summed E-state index contributed by atoms with van der Waals surface area (Å²) >= 11 is 0. The molecule has 1 aromatic carbocycles. The van der Waals surface area contributed by atoms with Crippen LogP contribution in [-0.2, 0) is 13.6 Å². The predicted molar refractivity (Wildman–Crippen MR) is 78.8 cm³/mol. The predicted octanol–water partition coefficient (Wildman–Crippen LogP) is 2.34. The van der Waals surface area contributed by atoms with E-state index in [0.29, 0.717) is 6.54 Å². The van der Waals surface area contributed by atoms with Crippen LogP contribution in [0.3, 0.4) is 0 Å².